The molecule has 0 fully saturated rings. The number of carbonyl (C=O) groups excluding carboxylic acids is 1. The highest BCUT2D eigenvalue weighted by atomic mass is 79.9. The van der Waals surface area contributed by atoms with Crippen molar-refractivity contribution in [3.63, 3.8) is 0 Å². The molecule has 0 bridgehead atoms. The van der Waals surface area contributed by atoms with E-state index in [9.17, 15) is 14.7 Å². The van der Waals surface area contributed by atoms with E-state index < -0.39 is 11.9 Å². The van der Waals surface area contributed by atoms with Crippen molar-refractivity contribution in [1.82, 2.24) is 4.98 Å². The molecule has 26 heavy (non-hydrogen) atoms. The summed E-state index contributed by atoms with van der Waals surface area (Å²) in [5.74, 6) is -1.59. The third-order valence-corrected chi connectivity index (χ3v) is 4.24. The summed E-state index contributed by atoms with van der Waals surface area (Å²) in [4.78, 5) is 28.2. The molecule has 1 aromatic heterocycles. The lowest BCUT2D eigenvalue weighted by Crippen LogP contribution is -2.10. The van der Waals surface area contributed by atoms with E-state index >= 15 is 0 Å². The van der Waals surface area contributed by atoms with Crippen molar-refractivity contribution in [1.29, 1.82) is 0 Å². The Morgan fingerprint density at radius 2 is 1.96 bits per heavy atom. The van der Waals surface area contributed by atoms with E-state index in [4.69, 9.17) is 4.74 Å². The minimum atomic E-state index is -1.06. The predicted octanol–water partition coefficient (Wildman–Crippen LogP) is 4.62. The van der Waals surface area contributed by atoms with Crippen molar-refractivity contribution in [2.75, 3.05) is 11.9 Å². The van der Waals surface area contributed by atoms with Gasteiger partial charge in [-0.25, -0.2) is 9.59 Å². The van der Waals surface area contributed by atoms with Crippen LogP contribution < -0.4 is 5.32 Å². The number of pyridine rings is 1. The van der Waals surface area contributed by atoms with Gasteiger partial charge in [0.1, 0.15) is 5.56 Å². The molecule has 0 saturated heterocycles. The molecule has 2 N–H and O–H groups in total. The second-order valence-corrected chi connectivity index (χ2v) is 6.32. The number of anilines is 2. The molecule has 0 amide bonds. The van der Waals surface area contributed by atoms with Crippen molar-refractivity contribution in [3.8, 4) is 0 Å². The Kier molecular flexibility index (Phi) is 5.18. The molecule has 6 nitrogen and oxygen atoms in total. The van der Waals surface area contributed by atoms with Crippen LogP contribution in [0.4, 0.5) is 11.4 Å². The number of aromatic nitrogens is 1. The van der Waals surface area contributed by atoms with Gasteiger partial charge in [0.05, 0.1) is 29.1 Å². The Morgan fingerprint density at radius 3 is 2.69 bits per heavy atom. The SMILES string of the molecule is CCOC(=O)c1cnc2ccc(Br)cc2c1Nc1ccccc1C(=O)O. The summed E-state index contributed by atoms with van der Waals surface area (Å²) >= 11 is 3.42. The lowest BCUT2D eigenvalue weighted by Gasteiger charge is -2.15. The van der Waals surface area contributed by atoms with Gasteiger partial charge in [0.15, 0.2) is 0 Å². The number of halogens is 1. The molecule has 132 valence electrons. The zero-order chi connectivity index (χ0) is 18.7. The smallest absolute Gasteiger partial charge is 0.341 e. The normalized spacial score (nSPS) is 10.5. The van der Waals surface area contributed by atoms with Crippen molar-refractivity contribution < 1.29 is 19.4 Å². The monoisotopic (exact) mass is 414 g/mol. The molecule has 0 saturated carbocycles. The molecule has 3 aromatic rings. The number of nitrogens with zero attached hydrogens (tertiary/aromatic N) is 1. The van der Waals surface area contributed by atoms with Crippen LogP contribution in [-0.4, -0.2) is 28.6 Å². The van der Waals surface area contributed by atoms with Gasteiger partial charge >= 0.3 is 11.9 Å². The number of rotatable bonds is 5. The van der Waals surface area contributed by atoms with Crippen LogP contribution in [0.15, 0.2) is 53.1 Å². The zero-order valence-corrected chi connectivity index (χ0v) is 15.4. The highest BCUT2D eigenvalue weighted by Crippen LogP contribution is 2.32. The number of carboxylic acids is 1. The number of benzene rings is 2. The maximum atomic E-state index is 12.4. The van der Waals surface area contributed by atoms with Crippen LogP contribution in [0.3, 0.4) is 0 Å². The number of esters is 1. The van der Waals surface area contributed by atoms with Gasteiger partial charge in [-0.15, -0.1) is 0 Å². The first kappa shape index (κ1) is 17.9. The summed E-state index contributed by atoms with van der Waals surface area (Å²) in [5, 5.41) is 13.2. The number of para-hydroxylation sites is 1. The first-order valence-corrected chi connectivity index (χ1v) is 8.65. The van der Waals surface area contributed by atoms with Crippen LogP contribution in [0.5, 0.6) is 0 Å². The molecule has 0 unspecified atom stereocenters. The lowest BCUT2D eigenvalue weighted by atomic mass is 10.1. The molecule has 1 heterocycles. The molecule has 3 rings (SSSR count). The first-order valence-electron chi connectivity index (χ1n) is 7.86. The predicted molar refractivity (Wildman–Crippen MR) is 102 cm³/mol. The standard InChI is InChI=1S/C19H15BrN2O4/c1-2-26-19(25)14-10-21-15-8-7-11(20)9-13(15)17(14)22-16-6-4-3-5-12(16)18(23)24/h3-10H,2H2,1H3,(H,21,22)(H,23,24). The molecule has 7 heteroatoms. The molecule has 0 radical (unpaired) electrons. The third-order valence-electron chi connectivity index (χ3n) is 3.74. The average molecular weight is 415 g/mol. The number of hydrogen-bond donors (Lipinski definition) is 2. The van der Waals surface area contributed by atoms with Gasteiger partial charge < -0.3 is 15.2 Å². The zero-order valence-electron chi connectivity index (χ0n) is 13.8. The van der Waals surface area contributed by atoms with E-state index in [1.165, 1.54) is 12.3 Å². The molecular weight excluding hydrogens is 400 g/mol. The van der Waals surface area contributed by atoms with Crippen LogP contribution in [0.2, 0.25) is 0 Å². The van der Waals surface area contributed by atoms with Crippen LogP contribution in [0.25, 0.3) is 10.9 Å². The summed E-state index contributed by atoms with van der Waals surface area (Å²) in [7, 11) is 0. The molecule has 0 aliphatic rings. The quantitative estimate of drug-likeness (QED) is 0.592. The number of nitrogens with one attached hydrogen (secondary N) is 1. The van der Waals surface area contributed by atoms with Crippen LogP contribution in [0.1, 0.15) is 27.6 Å². The number of fused-ring (bicyclic) bond motifs is 1. The number of aromatic carboxylic acids is 1. The fourth-order valence-electron chi connectivity index (χ4n) is 2.58. The second-order valence-electron chi connectivity index (χ2n) is 5.40. The summed E-state index contributed by atoms with van der Waals surface area (Å²) in [6, 6.07) is 12.0. The number of ether oxygens (including phenoxy) is 1. The number of hydrogen-bond acceptors (Lipinski definition) is 5. The average Bonchev–Trinajstić information content (AvgIpc) is 2.62. The molecule has 0 aliphatic heterocycles. The van der Waals surface area contributed by atoms with Crippen molar-refractivity contribution in [2.24, 2.45) is 0 Å². The van der Waals surface area contributed by atoms with Crippen LogP contribution >= 0.6 is 15.9 Å². The van der Waals surface area contributed by atoms with Gasteiger partial charge in [-0.1, -0.05) is 28.1 Å². The number of carboxylic acid groups (broad SMARTS) is 1. The maximum absolute atomic E-state index is 12.4. The maximum Gasteiger partial charge on any atom is 0.341 e. The summed E-state index contributed by atoms with van der Waals surface area (Å²) in [6.07, 6.45) is 1.43. The fourth-order valence-corrected chi connectivity index (χ4v) is 2.94. The van der Waals surface area contributed by atoms with E-state index in [0.717, 1.165) is 4.47 Å². The molecular formula is C19H15BrN2O4. The Labute approximate surface area is 157 Å². The van der Waals surface area contributed by atoms with Crippen molar-refractivity contribution >= 4 is 50.1 Å². The Morgan fingerprint density at radius 1 is 1.19 bits per heavy atom. The Balaban J connectivity index is 2.22. The highest BCUT2D eigenvalue weighted by molar-refractivity contribution is 9.10. The number of carbonyl (C=O) groups is 2. The molecule has 2 aromatic carbocycles. The molecule has 0 aliphatic carbocycles. The van der Waals surface area contributed by atoms with Crippen molar-refractivity contribution in [2.45, 2.75) is 6.92 Å². The fraction of sp³-hybridized carbons (Fsp3) is 0.105. The summed E-state index contributed by atoms with van der Waals surface area (Å²) in [5.41, 5.74) is 1.82. The molecule has 0 spiro atoms. The van der Waals surface area contributed by atoms with E-state index in [1.54, 1.807) is 25.1 Å². The Bertz CT molecular complexity index is 1000. The van der Waals surface area contributed by atoms with E-state index in [1.807, 2.05) is 18.2 Å². The van der Waals surface area contributed by atoms with Gasteiger partial charge in [0.2, 0.25) is 0 Å². The Hall–Kier alpha value is -2.93. The summed E-state index contributed by atoms with van der Waals surface area (Å²) in [6.45, 7) is 1.94. The van der Waals surface area contributed by atoms with E-state index in [2.05, 4.69) is 26.2 Å². The topological polar surface area (TPSA) is 88.5 Å². The lowest BCUT2D eigenvalue weighted by molar-refractivity contribution is 0.0527. The third kappa shape index (κ3) is 3.52. The first-order chi connectivity index (χ1) is 12.5. The van der Waals surface area contributed by atoms with Gasteiger partial charge in [0.25, 0.3) is 0 Å². The van der Waals surface area contributed by atoms with Gasteiger partial charge in [-0.3, -0.25) is 4.98 Å². The van der Waals surface area contributed by atoms with Crippen LogP contribution in [-0.2, 0) is 4.74 Å². The van der Waals surface area contributed by atoms with Gasteiger partial charge in [-0.2, -0.15) is 0 Å². The van der Waals surface area contributed by atoms with Crippen LogP contribution in [0, 0.1) is 0 Å². The second kappa shape index (κ2) is 7.53. The molecule has 0 atom stereocenters. The van der Waals surface area contributed by atoms with Crippen molar-refractivity contribution in [3.05, 3.63) is 64.3 Å². The van der Waals surface area contributed by atoms with Gasteiger partial charge in [0, 0.05) is 16.1 Å². The van der Waals surface area contributed by atoms with Gasteiger partial charge in [-0.05, 0) is 37.3 Å². The minimum absolute atomic E-state index is 0.0993. The minimum Gasteiger partial charge on any atom is -0.478 e. The van der Waals surface area contributed by atoms with E-state index in [0.29, 0.717) is 22.3 Å². The highest BCUT2D eigenvalue weighted by Gasteiger charge is 2.19. The largest absolute Gasteiger partial charge is 0.478 e. The summed E-state index contributed by atoms with van der Waals surface area (Å²) < 4.78 is 5.92. The van der Waals surface area contributed by atoms with E-state index in [-0.39, 0.29) is 17.7 Å².